The van der Waals surface area contributed by atoms with Crippen molar-refractivity contribution in [1.29, 1.82) is 0 Å². The maximum absolute atomic E-state index is 11.0. The van der Waals surface area contributed by atoms with E-state index >= 15 is 0 Å². The van der Waals surface area contributed by atoms with Crippen LogP contribution in [-0.4, -0.2) is 18.6 Å². The van der Waals surface area contributed by atoms with Crippen LogP contribution in [0.3, 0.4) is 0 Å². The molecule has 0 atom stereocenters. The lowest BCUT2D eigenvalue weighted by atomic mass is 10.5. The van der Waals surface area contributed by atoms with Crippen LogP contribution in [0.15, 0.2) is 0 Å². The van der Waals surface area contributed by atoms with Gasteiger partial charge in [0.1, 0.15) is 0 Å². The van der Waals surface area contributed by atoms with Crippen molar-refractivity contribution < 1.29 is 9.22 Å². The van der Waals surface area contributed by atoms with Gasteiger partial charge in [-0.2, -0.15) is 0 Å². The van der Waals surface area contributed by atoms with Gasteiger partial charge in [-0.15, -0.1) is 0 Å². The van der Waals surface area contributed by atoms with Gasteiger partial charge in [0, 0.05) is 0 Å². The second-order valence-electron chi connectivity index (χ2n) is 3.39. The maximum Gasteiger partial charge on any atom is 0.329 e. The summed E-state index contributed by atoms with van der Waals surface area (Å²) in [5.74, 6) is -0.556. The average Bonchev–Trinajstić information content (AvgIpc) is 1.56. The summed E-state index contributed by atoms with van der Waals surface area (Å²) in [5.41, 5.74) is 0. The number of hydrogen-bond acceptors (Lipinski definition) is 2. The lowest BCUT2D eigenvalue weighted by Gasteiger charge is -2.21. The van der Waals surface area contributed by atoms with Crippen LogP contribution in [-0.2, 0) is 9.22 Å². The molecule has 0 aliphatic carbocycles. The van der Waals surface area contributed by atoms with Crippen LogP contribution in [0.25, 0.3) is 0 Å². The minimum atomic E-state index is -1.85. The van der Waals surface area contributed by atoms with Crippen LogP contribution in [0.4, 0.5) is 0 Å². The molecule has 0 aromatic carbocycles. The normalized spacial score (nSPS) is 12.9. The predicted octanol–water partition coefficient (Wildman–Crippen LogP) is 2.56. The van der Waals surface area contributed by atoms with Crippen molar-refractivity contribution in [3.05, 3.63) is 0 Å². The highest BCUT2D eigenvalue weighted by molar-refractivity contribution is 6.72. The van der Waals surface area contributed by atoms with E-state index in [0.717, 1.165) is 0 Å². The Morgan fingerprint density at radius 3 is 1.82 bits per heavy atom. The molecule has 0 radical (unpaired) electrons. The van der Waals surface area contributed by atoms with Gasteiger partial charge >= 0.3 is 5.97 Å². The molecule has 0 unspecified atom stereocenters. The smallest absolute Gasteiger partial charge is 0.329 e. The van der Waals surface area contributed by atoms with Gasteiger partial charge in [0.05, 0.1) is 0 Å². The second kappa shape index (κ2) is 3.33. The Morgan fingerprint density at radius 2 is 1.73 bits per heavy atom. The number of alkyl halides is 2. The van der Waals surface area contributed by atoms with Gasteiger partial charge in [0.15, 0.2) is 0 Å². The Balaban J connectivity index is 4.11. The molecule has 0 aliphatic rings. The highest BCUT2D eigenvalue weighted by atomic mass is 35.5. The zero-order chi connectivity index (χ0) is 9.28. The zero-order valence-corrected chi connectivity index (χ0v) is 9.58. The van der Waals surface area contributed by atoms with E-state index in [0.29, 0.717) is 0 Å². The Kier molecular flexibility index (Phi) is 3.41. The molecule has 11 heavy (non-hydrogen) atoms. The molecule has 0 amide bonds. The van der Waals surface area contributed by atoms with Crippen LogP contribution in [0.1, 0.15) is 6.92 Å². The average molecular weight is 215 g/mol. The van der Waals surface area contributed by atoms with Crippen LogP contribution < -0.4 is 0 Å². The summed E-state index contributed by atoms with van der Waals surface area (Å²) in [6, 6.07) is 0. The third-order valence-corrected chi connectivity index (χ3v) is 1.86. The van der Waals surface area contributed by atoms with Crippen molar-refractivity contribution in [3.63, 3.8) is 0 Å². The first-order valence-electron chi connectivity index (χ1n) is 3.24. The molecule has 5 heteroatoms. The number of halogens is 2. The Labute approximate surface area is 77.9 Å². The van der Waals surface area contributed by atoms with Crippen LogP contribution in [0.2, 0.25) is 19.6 Å². The third-order valence-electron chi connectivity index (χ3n) is 0.757. The largest absolute Gasteiger partial charge is 0.518 e. The van der Waals surface area contributed by atoms with E-state index in [-0.39, 0.29) is 0 Å². The lowest BCUT2D eigenvalue weighted by Crippen LogP contribution is -2.36. The zero-order valence-electron chi connectivity index (χ0n) is 7.07. The Bertz CT molecular complexity index is 157. The molecule has 0 saturated heterocycles. The molecular weight excluding hydrogens is 203 g/mol. The van der Waals surface area contributed by atoms with Gasteiger partial charge < -0.3 is 4.43 Å². The molecule has 0 aromatic heterocycles. The SMILES string of the molecule is CC(Cl)(Cl)C(=O)O[Si](C)(C)C. The first kappa shape index (κ1) is 11.3. The molecule has 0 saturated carbocycles. The monoisotopic (exact) mass is 214 g/mol. The van der Waals surface area contributed by atoms with Crippen LogP contribution >= 0.6 is 23.2 Å². The summed E-state index contributed by atoms with van der Waals surface area (Å²) in [5, 5.41) is 0. The molecule has 0 fully saturated rings. The van der Waals surface area contributed by atoms with Crippen molar-refractivity contribution in [2.24, 2.45) is 0 Å². The van der Waals surface area contributed by atoms with Gasteiger partial charge in [-0.1, -0.05) is 23.2 Å². The van der Waals surface area contributed by atoms with E-state index < -0.39 is 18.6 Å². The summed E-state index contributed by atoms with van der Waals surface area (Å²) in [7, 11) is -1.85. The van der Waals surface area contributed by atoms with Gasteiger partial charge in [-0.25, -0.2) is 0 Å². The summed E-state index contributed by atoms with van der Waals surface area (Å²) in [6.45, 7) is 7.08. The summed E-state index contributed by atoms with van der Waals surface area (Å²) >= 11 is 11.0. The van der Waals surface area contributed by atoms with Crippen molar-refractivity contribution in [1.82, 2.24) is 0 Å². The van der Waals surface area contributed by atoms with Crippen molar-refractivity contribution in [3.8, 4) is 0 Å². The lowest BCUT2D eigenvalue weighted by molar-refractivity contribution is -0.135. The molecule has 0 aromatic rings. The second-order valence-corrected chi connectivity index (χ2v) is 9.52. The first-order valence-corrected chi connectivity index (χ1v) is 7.40. The summed E-state index contributed by atoms with van der Waals surface area (Å²) in [6.07, 6.45) is 0. The summed E-state index contributed by atoms with van der Waals surface area (Å²) in [4.78, 5) is 11.0. The fourth-order valence-corrected chi connectivity index (χ4v) is 1.33. The third kappa shape index (κ3) is 5.53. The fraction of sp³-hybridized carbons (Fsp3) is 0.833. The number of carbonyl (C=O) groups is 1. The Morgan fingerprint density at radius 1 is 1.36 bits per heavy atom. The van der Waals surface area contributed by atoms with Gasteiger partial charge in [-0.3, -0.25) is 4.79 Å². The molecule has 66 valence electrons. The van der Waals surface area contributed by atoms with Gasteiger partial charge in [0.25, 0.3) is 0 Å². The van der Waals surface area contributed by atoms with Crippen molar-refractivity contribution in [2.45, 2.75) is 30.9 Å². The highest BCUT2D eigenvalue weighted by Crippen LogP contribution is 2.23. The van der Waals surface area contributed by atoms with Crippen molar-refractivity contribution >= 4 is 37.5 Å². The minimum absolute atomic E-state index is 0.556. The number of rotatable bonds is 2. The maximum atomic E-state index is 11.0. The fourth-order valence-electron chi connectivity index (χ4n) is 0.368. The molecular formula is C6H12Cl2O2Si. The topological polar surface area (TPSA) is 26.3 Å². The molecule has 0 spiro atoms. The van der Waals surface area contributed by atoms with Gasteiger partial charge in [-0.05, 0) is 26.6 Å². The van der Waals surface area contributed by atoms with E-state index in [4.69, 9.17) is 27.6 Å². The molecule has 0 aliphatic heterocycles. The van der Waals surface area contributed by atoms with Crippen molar-refractivity contribution in [2.75, 3.05) is 0 Å². The molecule has 2 nitrogen and oxygen atoms in total. The van der Waals surface area contributed by atoms with Gasteiger partial charge in [0.2, 0.25) is 12.7 Å². The molecule has 0 heterocycles. The van der Waals surface area contributed by atoms with Crippen LogP contribution in [0, 0.1) is 0 Å². The van der Waals surface area contributed by atoms with E-state index in [1.807, 2.05) is 19.6 Å². The number of hydrogen-bond donors (Lipinski definition) is 0. The minimum Gasteiger partial charge on any atom is -0.518 e. The van der Waals surface area contributed by atoms with Crippen LogP contribution in [0.5, 0.6) is 0 Å². The quantitative estimate of drug-likeness (QED) is 0.522. The Hall–Kier alpha value is 0.267. The summed E-state index contributed by atoms with van der Waals surface area (Å²) < 4.78 is 3.62. The van der Waals surface area contributed by atoms with E-state index in [1.54, 1.807) is 0 Å². The standard InChI is InChI=1S/C6H12Cl2O2Si/c1-6(7,8)5(9)10-11(2,3)4/h1-4H3. The van der Waals surface area contributed by atoms with E-state index in [1.165, 1.54) is 6.92 Å². The highest BCUT2D eigenvalue weighted by Gasteiger charge is 2.33. The molecule has 0 bridgehead atoms. The molecule has 0 N–H and O–H groups in total. The first-order chi connectivity index (χ1) is 4.63. The van der Waals surface area contributed by atoms with E-state index in [2.05, 4.69) is 0 Å². The van der Waals surface area contributed by atoms with E-state index in [9.17, 15) is 4.79 Å². The molecule has 0 rings (SSSR count). The number of carbonyl (C=O) groups excluding carboxylic acids is 1. The predicted molar refractivity (Wildman–Crippen MR) is 49.5 cm³/mol.